The molecule has 1 aromatic rings. The van der Waals surface area contributed by atoms with Gasteiger partial charge in [0.25, 0.3) is 0 Å². The minimum Gasteiger partial charge on any atom is -0.343 e. The molecule has 0 bridgehead atoms. The molecule has 17 heavy (non-hydrogen) atoms. The maximum Gasteiger partial charge on any atom is 0.313 e. The Hall–Kier alpha value is -1.55. The molecule has 0 spiro atoms. The fraction of sp³-hybridized carbons (Fsp3) is 0.333. The molecule has 0 unspecified atom stereocenters. The molecule has 0 aliphatic carbocycles. The number of rotatable bonds is 1. The monoisotopic (exact) mass is 254 g/mol. The number of carbonyl (C=O) groups is 2. The number of amides is 2. The second-order valence-corrected chi connectivity index (χ2v) is 5.10. The molecule has 0 saturated heterocycles. The first-order valence-corrected chi connectivity index (χ1v) is 5.55. The average Bonchev–Trinajstić information content (AvgIpc) is 2.19. The summed E-state index contributed by atoms with van der Waals surface area (Å²) in [5, 5.41) is 5.63. The normalized spacial score (nSPS) is 10.8. The average molecular weight is 255 g/mol. The Balaban J connectivity index is 2.60. The van der Waals surface area contributed by atoms with Crippen LogP contribution in [0.15, 0.2) is 24.3 Å². The van der Waals surface area contributed by atoms with E-state index in [2.05, 4.69) is 10.6 Å². The van der Waals surface area contributed by atoms with Crippen molar-refractivity contribution in [2.75, 3.05) is 5.32 Å². The van der Waals surface area contributed by atoms with Gasteiger partial charge in [-0.3, -0.25) is 9.59 Å². The second kappa shape index (κ2) is 5.19. The van der Waals surface area contributed by atoms with Gasteiger partial charge in [-0.05, 0) is 45.0 Å². The Morgan fingerprint density at radius 3 is 2.06 bits per heavy atom. The van der Waals surface area contributed by atoms with E-state index in [4.69, 9.17) is 11.6 Å². The molecule has 0 aliphatic heterocycles. The van der Waals surface area contributed by atoms with Gasteiger partial charge in [0.1, 0.15) is 0 Å². The van der Waals surface area contributed by atoms with E-state index in [0.717, 1.165) is 0 Å². The molecule has 0 saturated carbocycles. The van der Waals surface area contributed by atoms with Crippen LogP contribution in [-0.2, 0) is 9.59 Å². The van der Waals surface area contributed by atoms with Crippen LogP contribution < -0.4 is 10.6 Å². The lowest BCUT2D eigenvalue weighted by Gasteiger charge is -2.19. The third-order valence-corrected chi connectivity index (χ3v) is 2.05. The lowest BCUT2D eigenvalue weighted by Crippen LogP contribution is -2.46. The number of nitrogens with one attached hydrogen (secondary N) is 2. The van der Waals surface area contributed by atoms with Crippen molar-refractivity contribution in [2.45, 2.75) is 26.3 Å². The standard InChI is InChI=1S/C12H15ClN2O2/c1-12(2,3)15-11(17)10(16)14-9-6-4-8(13)5-7-9/h4-7H,1-3H3,(H,14,16)(H,15,17). The Labute approximate surface area is 105 Å². The first-order chi connectivity index (χ1) is 7.78. The van der Waals surface area contributed by atoms with Crippen molar-refractivity contribution in [3.05, 3.63) is 29.3 Å². The summed E-state index contributed by atoms with van der Waals surface area (Å²) in [6.45, 7) is 5.42. The van der Waals surface area contributed by atoms with Gasteiger partial charge in [-0.15, -0.1) is 0 Å². The van der Waals surface area contributed by atoms with E-state index in [1.807, 2.05) is 0 Å². The van der Waals surface area contributed by atoms with Crippen molar-refractivity contribution >= 4 is 29.1 Å². The summed E-state index contributed by atoms with van der Waals surface area (Å²) in [6, 6.07) is 6.53. The van der Waals surface area contributed by atoms with E-state index >= 15 is 0 Å². The van der Waals surface area contributed by atoms with Gasteiger partial charge in [-0.25, -0.2) is 0 Å². The fourth-order valence-electron chi connectivity index (χ4n) is 1.12. The number of halogens is 1. The smallest absolute Gasteiger partial charge is 0.313 e. The highest BCUT2D eigenvalue weighted by Crippen LogP contribution is 2.13. The SMILES string of the molecule is CC(C)(C)NC(=O)C(=O)Nc1ccc(Cl)cc1. The van der Waals surface area contributed by atoms with Gasteiger partial charge in [0, 0.05) is 16.2 Å². The zero-order chi connectivity index (χ0) is 13.1. The van der Waals surface area contributed by atoms with Gasteiger partial charge in [0.2, 0.25) is 0 Å². The number of benzene rings is 1. The summed E-state index contributed by atoms with van der Waals surface area (Å²) < 4.78 is 0. The number of hydrogen-bond donors (Lipinski definition) is 2. The molecule has 0 radical (unpaired) electrons. The quantitative estimate of drug-likeness (QED) is 0.755. The molecule has 0 heterocycles. The summed E-state index contributed by atoms with van der Waals surface area (Å²) in [4.78, 5) is 23.0. The number of hydrogen-bond acceptors (Lipinski definition) is 2. The molecule has 1 rings (SSSR count). The lowest BCUT2D eigenvalue weighted by molar-refractivity contribution is -0.137. The number of carbonyl (C=O) groups excluding carboxylic acids is 2. The van der Waals surface area contributed by atoms with E-state index in [-0.39, 0.29) is 0 Å². The van der Waals surface area contributed by atoms with Crippen molar-refractivity contribution in [2.24, 2.45) is 0 Å². The topological polar surface area (TPSA) is 58.2 Å². The van der Waals surface area contributed by atoms with Crippen LogP contribution in [0.2, 0.25) is 5.02 Å². The molecular weight excluding hydrogens is 240 g/mol. The fourth-order valence-corrected chi connectivity index (χ4v) is 1.24. The highest BCUT2D eigenvalue weighted by Gasteiger charge is 2.19. The molecule has 0 atom stereocenters. The van der Waals surface area contributed by atoms with Crippen LogP contribution in [0.3, 0.4) is 0 Å². The summed E-state index contributed by atoms with van der Waals surface area (Å²) in [5.41, 5.74) is 0.0949. The summed E-state index contributed by atoms with van der Waals surface area (Å²) >= 11 is 5.71. The lowest BCUT2D eigenvalue weighted by atomic mass is 10.1. The summed E-state index contributed by atoms with van der Waals surface area (Å²) in [5.74, 6) is -1.35. The molecule has 92 valence electrons. The summed E-state index contributed by atoms with van der Waals surface area (Å²) in [7, 11) is 0. The zero-order valence-electron chi connectivity index (χ0n) is 10.0. The van der Waals surface area contributed by atoms with E-state index < -0.39 is 17.4 Å². The molecule has 0 fully saturated rings. The Morgan fingerprint density at radius 2 is 1.59 bits per heavy atom. The third kappa shape index (κ3) is 4.87. The first-order valence-electron chi connectivity index (χ1n) is 5.17. The molecule has 4 nitrogen and oxygen atoms in total. The second-order valence-electron chi connectivity index (χ2n) is 4.67. The molecule has 0 aliphatic rings. The largest absolute Gasteiger partial charge is 0.343 e. The van der Waals surface area contributed by atoms with E-state index in [9.17, 15) is 9.59 Å². The zero-order valence-corrected chi connectivity index (χ0v) is 10.8. The van der Waals surface area contributed by atoms with Crippen LogP contribution in [0.1, 0.15) is 20.8 Å². The highest BCUT2D eigenvalue weighted by molar-refractivity contribution is 6.39. The van der Waals surface area contributed by atoms with Crippen molar-refractivity contribution in [3.8, 4) is 0 Å². The van der Waals surface area contributed by atoms with Crippen molar-refractivity contribution in [1.82, 2.24) is 5.32 Å². The van der Waals surface area contributed by atoms with Crippen molar-refractivity contribution in [3.63, 3.8) is 0 Å². The maximum absolute atomic E-state index is 11.5. The van der Waals surface area contributed by atoms with Crippen molar-refractivity contribution < 1.29 is 9.59 Å². The third-order valence-electron chi connectivity index (χ3n) is 1.80. The van der Waals surface area contributed by atoms with Gasteiger partial charge < -0.3 is 10.6 Å². The minimum atomic E-state index is -0.692. The van der Waals surface area contributed by atoms with Crippen LogP contribution in [0.5, 0.6) is 0 Å². The Bertz CT molecular complexity index is 421. The van der Waals surface area contributed by atoms with Crippen LogP contribution in [-0.4, -0.2) is 17.4 Å². The molecule has 5 heteroatoms. The minimum absolute atomic E-state index is 0.436. The number of anilines is 1. The highest BCUT2D eigenvalue weighted by atomic mass is 35.5. The maximum atomic E-state index is 11.5. The van der Waals surface area contributed by atoms with Crippen molar-refractivity contribution in [1.29, 1.82) is 0 Å². The van der Waals surface area contributed by atoms with E-state index in [1.54, 1.807) is 45.0 Å². The molecule has 2 amide bonds. The predicted molar refractivity (Wildman–Crippen MR) is 68.0 cm³/mol. The molecule has 2 N–H and O–H groups in total. The van der Waals surface area contributed by atoms with Gasteiger partial charge in [0.05, 0.1) is 0 Å². The predicted octanol–water partition coefficient (Wildman–Crippen LogP) is 2.19. The van der Waals surface area contributed by atoms with Gasteiger partial charge in [-0.2, -0.15) is 0 Å². The summed E-state index contributed by atoms with van der Waals surface area (Å²) in [6.07, 6.45) is 0. The molecular formula is C12H15ClN2O2. The van der Waals surface area contributed by atoms with Gasteiger partial charge in [-0.1, -0.05) is 11.6 Å². The van der Waals surface area contributed by atoms with E-state index in [0.29, 0.717) is 10.7 Å². The van der Waals surface area contributed by atoms with E-state index in [1.165, 1.54) is 0 Å². The van der Waals surface area contributed by atoms with Gasteiger partial charge in [0.15, 0.2) is 0 Å². The van der Waals surface area contributed by atoms with Gasteiger partial charge >= 0.3 is 11.8 Å². The Kier molecular flexibility index (Phi) is 4.12. The Morgan fingerprint density at radius 1 is 1.06 bits per heavy atom. The van der Waals surface area contributed by atoms with Crippen LogP contribution >= 0.6 is 11.6 Å². The molecule has 1 aromatic carbocycles. The van der Waals surface area contributed by atoms with Crippen LogP contribution in [0.25, 0.3) is 0 Å². The van der Waals surface area contributed by atoms with Crippen LogP contribution in [0, 0.1) is 0 Å². The molecule has 0 aromatic heterocycles. The van der Waals surface area contributed by atoms with Crippen LogP contribution in [0.4, 0.5) is 5.69 Å². The first kappa shape index (κ1) is 13.5.